The van der Waals surface area contributed by atoms with Crippen molar-refractivity contribution in [2.75, 3.05) is 0 Å². The third-order valence-electron chi connectivity index (χ3n) is 2.26. The highest BCUT2D eigenvalue weighted by Crippen LogP contribution is 2.07. The molecule has 2 aromatic rings. The van der Waals surface area contributed by atoms with Crippen molar-refractivity contribution in [2.24, 2.45) is 0 Å². The van der Waals surface area contributed by atoms with Gasteiger partial charge in [0, 0.05) is 12.1 Å². The number of aliphatic hydroxyl groups is 1. The Morgan fingerprint density at radius 2 is 1.75 bits per heavy atom. The Morgan fingerprint density at radius 3 is 2.15 bits per heavy atom. The second kappa shape index (κ2) is 8.06. The van der Waals surface area contributed by atoms with E-state index in [1.165, 1.54) is 24.3 Å². The van der Waals surface area contributed by atoms with Gasteiger partial charge >= 0.3 is 0 Å². The minimum Gasteiger partial charge on any atom is -0.387 e. The Bertz CT molecular complexity index is 528. The lowest BCUT2D eigenvalue weighted by atomic mass is 10.2. The van der Waals surface area contributed by atoms with Gasteiger partial charge < -0.3 is 9.90 Å². The summed E-state index contributed by atoms with van der Waals surface area (Å²) in [7, 11) is 0. The van der Waals surface area contributed by atoms with E-state index in [2.05, 4.69) is 9.97 Å². The molecular weight excluding hydrogens is 266 g/mol. The molecule has 6 heteroatoms. The molecule has 0 aliphatic rings. The number of halogens is 2. The maximum absolute atomic E-state index is 12.2. The zero-order chi connectivity index (χ0) is 15.0. The maximum Gasteiger partial charge on any atom is 0.141 e. The standard InChI is InChI=1S/C7H8FNO.C7H6FNO/c1-5(10)7-3-2-6(8)4-9-7;8-6-1-2-7(3-4-10)9-5-6/h2-5,10H,1H3;1-2,4-5H,3H2. The Kier molecular flexibility index (Phi) is 6.39. The first kappa shape index (κ1) is 15.8. The molecule has 0 saturated heterocycles. The molecule has 1 N–H and O–H groups in total. The Hall–Kier alpha value is -2.21. The van der Waals surface area contributed by atoms with Crippen LogP contribution < -0.4 is 0 Å². The topological polar surface area (TPSA) is 63.1 Å². The first-order valence-electron chi connectivity index (χ1n) is 5.86. The third-order valence-corrected chi connectivity index (χ3v) is 2.26. The largest absolute Gasteiger partial charge is 0.387 e. The van der Waals surface area contributed by atoms with Gasteiger partial charge in [-0.25, -0.2) is 8.78 Å². The first-order chi connectivity index (χ1) is 9.52. The van der Waals surface area contributed by atoms with Crippen molar-refractivity contribution >= 4 is 6.29 Å². The quantitative estimate of drug-likeness (QED) is 0.876. The number of aldehydes is 1. The zero-order valence-electron chi connectivity index (χ0n) is 10.8. The summed E-state index contributed by atoms with van der Waals surface area (Å²) >= 11 is 0. The number of rotatable bonds is 3. The summed E-state index contributed by atoms with van der Waals surface area (Å²) in [4.78, 5) is 17.2. The minimum absolute atomic E-state index is 0.250. The molecule has 4 nitrogen and oxygen atoms in total. The van der Waals surface area contributed by atoms with E-state index >= 15 is 0 Å². The van der Waals surface area contributed by atoms with Gasteiger partial charge in [-0.1, -0.05) is 0 Å². The fraction of sp³-hybridized carbons (Fsp3) is 0.214. The molecule has 1 unspecified atom stereocenters. The molecule has 0 aromatic carbocycles. The van der Waals surface area contributed by atoms with E-state index in [0.717, 1.165) is 18.7 Å². The van der Waals surface area contributed by atoms with Crippen molar-refractivity contribution in [1.82, 2.24) is 9.97 Å². The van der Waals surface area contributed by atoms with Crippen LogP contribution in [0, 0.1) is 11.6 Å². The number of carbonyl (C=O) groups excluding carboxylic acids is 1. The van der Waals surface area contributed by atoms with Gasteiger partial charge in [-0.15, -0.1) is 0 Å². The van der Waals surface area contributed by atoms with Crippen molar-refractivity contribution in [2.45, 2.75) is 19.4 Å². The Labute approximate surface area is 115 Å². The van der Waals surface area contributed by atoms with Gasteiger partial charge in [0.1, 0.15) is 17.9 Å². The smallest absolute Gasteiger partial charge is 0.141 e. The zero-order valence-corrected chi connectivity index (χ0v) is 10.8. The molecule has 2 rings (SSSR count). The summed E-state index contributed by atoms with van der Waals surface area (Å²) in [6.07, 6.45) is 2.54. The SMILES string of the molecule is CC(O)c1ccc(F)cn1.O=CCc1ccc(F)cn1. The molecule has 0 spiro atoms. The number of aromatic nitrogens is 2. The van der Waals surface area contributed by atoms with E-state index in [0.29, 0.717) is 11.4 Å². The number of carbonyl (C=O) groups is 1. The van der Waals surface area contributed by atoms with Crippen LogP contribution in [0.25, 0.3) is 0 Å². The fourth-order valence-electron chi connectivity index (χ4n) is 1.25. The number of pyridine rings is 2. The van der Waals surface area contributed by atoms with Crippen LogP contribution >= 0.6 is 0 Å². The second-order valence-electron chi connectivity index (χ2n) is 3.92. The van der Waals surface area contributed by atoms with Crippen LogP contribution in [0.1, 0.15) is 24.4 Å². The van der Waals surface area contributed by atoms with Crippen molar-refractivity contribution in [3.8, 4) is 0 Å². The highest BCUT2D eigenvalue weighted by molar-refractivity contribution is 5.53. The normalized spacial score (nSPS) is 11.2. The molecule has 0 amide bonds. The predicted molar refractivity (Wildman–Crippen MR) is 68.8 cm³/mol. The van der Waals surface area contributed by atoms with E-state index in [1.807, 2.05) is 0 Å². The number of aliphatic hydroxyl groups excluding tert-OH is 1. The molecule has 2 aromatic heterocycles. The molecule has 0 fully saturated rings. The van der Waals surface area contributed by atoms with Gasteiger partial charge in [-0.3, -0.25) is 9.97 Å². The predicted octanol–water partition coefficient (Wildman–Crippen LogP) is 2.24. The molecule has 0 aliphatic heterocycles. The summed E-state index contributed by atoms with van der Waals surface area (Å²) in [6, 6.07) is 5.50. The molecule has 0 radical (unpaired) electrons. The van der Waals surface area contributed by atoms with Crippen molar-refractivity contribution in [3.63, 3.8) is 0 Å². The van der Waals surface area contributed by atoms with E-state index < -0.39 is 6.10 Å². The Balaban J connectivity index is 0.000000200. The van der Waals surface area contributed by atoms with Crippen LogP contribution in [0.4, 0.5) is 8.78 Å². The van der Waals surface area contributed by atoms with Crippen LogP contribution in [0.15, 0.2) is 36.7 Å². The van der Waals surface area contributed by atoms with Gasteiger partial charge in [-0.05, 0) is 31.2 Å². The monoisotopic (exact) mass is 280 g/mol. The number of nitrogens with zero attached hydrogens (tertiary/aromatic N) is 2. The van der Waals surface area contributed by atoms with E-state index in [4.69, 9.17) is 5.11 Å². The van der Waals surface area contributed by atoms with Gasteiger partial charge in [0.15, 0.2) is 0 Å². The average Bonchev–Trinajstić information content (AvgIpc) is 2.43. The van der Waals surface area contributed by atoms with Gasteiger partial charge in [0.25, 0.3) is 0 Å². The van der Waals surface area contributed by atoms with E-state index in [1.54, 1.807) is 6.92 Å². The lowest BCUT2D eigenvalue weighted by Gasteiger charge is -2.00. The second-order valence-corrected chi connectivity index (χ2v) is 3.92. The molecule has 0 aliphatic carbocycles. The number of hydrogen-bond acceptors (Lipinski definition) is 4. The molecule has 106 valence electrons. The summed E-state index contributed by atoms with van der Waals surface area (Å²) < 4.78 is 24.4. The van der Waals surface area contributed by atoms with Crippen molar-refractivity contribution in [3.05, 3.63) is 59.7 Å². The van der Waals surface area contributed by atoms with Crippen LogP contribution in [-0.2, 0) is 11.2 Å². The van der Waals surface area contributed by atoms with Gasteiger partial charge in [0.2, 0.25) is 0 Å². The maximum atomic E-state index is 12.2. The highest BCUT2D eigenvalue weighted by Gasteiger charge is 2.00. The number of hydrogen-bond donors (Lipinski definition) is 1. The van der Waals surface area contributed by atoms with Crippen molar-refractivity contribution in [1.29, 1.82) is 0 Å². The summed E-state index contributed by atoms with van der Waals surface area (Å²) in [5.74, 6) is -0.765. The fourth-order valence-corrected chi connectivity index (χ4v) is 1.25. The molecule has 20 heavy (non-hydrogen) atoms. The van der Waals surface area contributed by atoms with Gasteiger partial charge in [-0.2, -0.15) is 0 Å². The van der Waals surface area contributed by atoms with E-state index in [9.17, 15) is 13.6 Å². The van der Waals surface area contributed by atoms with Gasteiger partial charge in [0.05, 0.1) is 24.2 Å². The summed E-state index contributed by atoms with van der Waals surface area (Å²) in [6.45, 7) is 1.58. The van der Waals surface area contributed by atoms with Crippen LogP contribution in [-0.4, -0.2) is 21.4 Å². The van der Waals surface area contributed by atoms with Crippen LogP contribution in [0.2, 0.25) is 0 Å². The van der Waals surface area contributed by atoms with E-state index in [-0.39, 0.29) is 18.1 Å². The van der Waals surface area contributed by atoms with Crippen LogP contribution in [0.5, 0.6) is 0 Å². The average molecular weight is 280 g/mol. The van der Waals surface area contributed by atoms with Crippen LogP contribution in [0.3, 0.4) is 0 Å². The Morgan fingerprint density at radius 1 is 1.15 bits per heavy atom. The highest BCUT2D eigenvalue weighted by atomic mass is 19.1. The lowest BCUT2D eigenvalue weighted by Crippen LogP contribution is -1.94. The molecule has 2 heterocycles. The first-order valence-corrected chi connectivity index (χ1v) is 5.86. The molecule has 0 bridgehead atoms. The molecular formula is C14H14F2N2O2. The van der Waals surface area contributed by atoms with Crippen molar-refractivity contribution < 1.29 is 18.7 Å². The molecule has 0 saturated carbocycles. The molecule has 1 atom stereocenters. The third kappa shape index (κ3) is 5.62. The lowest BCUT2D eigenvalue weighted by molar-refractivity contribution is -0.107. The summed E-state index contributed by atoms with van der Waals surface area (Å²) in [5.41, 5.74) is 1.08. The summed E-state index contributed by atoms with van der Waals surface area (Å²) in [5, 5.41) is 8.93. The minimum atomic E-state index is -0.624.